The van der Waals surface area contributed by atoms with Crippen LogP contribution in [0.2, 0.25) is 0 Å². The lowest BCUT2D eigenvalue weighted by molar-refractivity contribution is 0.701. The van der Waals surface area contributed by atoms with Gasteiger partial charge in [0.25, 0.3) is 0 Å². The Morgan fingerprint density at radius 3 is 1.20 bits per heavy atom. The fourth-order valence-electron chi connectivity index (χ4n) is 0. The van der Waals surface area contributed by atoms with Crippen LogP contribution in [-0.2, 0) is 0 Å². The highest BCUT2D eigenvalue weighted by Gasteiger charge is 1.96. The molecule has 5 heavy (non-hydrogen) atoms. The molecule has 0 fully saturated rings. The molecule has 3 radical (unpaired) electrons. The lowest BCUT2D eigenvalue weighted by Crippen LogP contribution is -1.95. The predicted molar refractivity (Wildman–Crippen MR) is 24.2 cm³/mol. The van der Waals surface area contributed by atoms with E-state index >= 15 is 0 Å². The van der Waals surface area contributed by atoms with Crippen LogP contribution in [-0.4, -0.2) is 0 Å². The molecule has 0 aliphatic rings. The molecule has 0 unspecified atom stereocenters. The van der Waals surface area contributed by atoms with Crippen LogP contribution >= 0.6 is 0 Å². The van der Waals surface area contributed by atoms with Crippen molar-refractivity contribution in [2.75, 3.05) is 0 Å². The second-order valence-corrected chi connectivity index (χ2v) is 1.81. The van der Waals surface area contributed by atoms with Gasteiger partial charge in [0.1, 0.15) is 0 Å². The average Bonchev–Trinajstić information content (AvgIpc) is 0.722. The summed E-state index contributed by atoms with van der Waals surface area (Å²) in [6, 6.07) is 0. The summed E-state index contributed by atoms with van der Waals surface area (Å²) in [5, 5.41) is 0. The third-order valence-electron chi connectivity index (χ3n) is 0. The van der Waals surface area contributed by atoms with Gasteiger partial charge in [0, 0.05) is 0 Å². The average molecular weight is 69.1 g/mol. The smallest absolute Gasteiger partial charge is 0.0325 e. The summed E-state index contributed by atoms with van der Waals surface area (Å²) in [4.78, 5) is 0. The van der Waals surface area contributed by atoms with Crippen LogP contribution in [0.4, 0.5) is 0 Å². The summed E-state index contributed by atoms with van der Waals surface area (Å²) >= 11 is 0. The van der Waals surface area contributed by atoms with Crippen LogP contribution in [0.15, 0.2) is 0 Å². The van der Waals surface area contributed by atoms with Gasteiger partial charge in [-0.1, -0.05) is 6.92 Å². The number of rotatable bonds is 0. The zero-order valence-electron chi connectivity index (χ0n) is 3.62. The van der Waals surface area contributed by atoms with Gasteiger partial charge in [0.2, 0.25) is 0 Å². The minimum Gasteiger partial charge on any atom is -0.0596 e. The van der Waals surface area contributed by atoms with E-state index in [4.69, 9.17) is 0 Å². The van der Waals surface area contributed by atoms with Crippen molar-refractivity contribution in [3.8, 4) is 0 Å². The molecule has 0 spiro atoms. The molecule has 0 heteroatoms. The molecule has 0 amide bonds. The van der Waals surface area contributed by atoms with Crippen molar-refractivity contribution in [1.82, 2.24) is 0 Å². The van der Waals surface area contributed by atoms with E-state index in [1.54, 1.807) is 0 Å². The molecule has 0 heterocycles. The Morgan fingerprint density at radius 1 is 1.20 bits per heavy atom. The molecule has 0 bridgehead atoms. The van der Waals surface area contributed by atoms with Crippen molar-refractivity contribution in [1.29, 1.82) is 0 Å². The highest BCUT2D eigenvalue weighted by molar-refractivity contribution is 4.80. The molecular weight excluding hydrogens is 60.1 g/mol. The third kappa shape index (κ3) is 0. The fraction of sp³-hybridized carbons (Fsp3) is 0.400. The van der Waals surface area contributed by atoms with Gasteiger partial charge in [0.05, 0.1) is 0 Å². The van der Waals surface area contributed by atoms with Gasteiger partial charge in [0.15, 0.2) is 0 Å². The predicted octanol–water partition coefficient (Wildman–Crippen LogP) is 1.49. The maximum Gasteiger partial charge on any atom is -0.0325 e. The van der Waals surface area contributed by atoms with E-state index in [-0.39, 0.29) is 5.41 Å². The molecule has 0 saturated carbocycles. The molecule has 0 aliphatic carbocycles. The quantitative estimate of drug-likeness (QED) is 0.404. The minimum atomic E-state index is -0.250. The van der Waals surface area contributed by atoms with Gasteiger partial charge < -0.3 is 0 Å². The van der Waals surface area contributed by atoms with Gasteiger partial charge in [-0.15, -0.1) is 0 Å². The molecule has 0 nitrogen and oxygen atoms in total. The maximum absolute atomic E-state index is 3.55. The van der Waals surface area contributed by atoms with E-state index in [0.29, 0.717) is 0 Å². The van der Waals surface area contributed by atoms with E-state index in [1.807, 2.05) is 6.92 Å². The standard InChI is InChI=1S/C5H9/c1-5(2,3)4/h1-3H2,4H3. The summed E-state index contributed by atoms with van der Waals surface area (Å²) < 4.78 is 0. The van der Waals surface area contributed by atoms with Crippen LogP contribution in [0.3, 0.4) is 0 Å². The zero-order valence-corrected chi connectivity index (χ0v) is 3.62. The molecule has 0 N–H and O–H groups in total. The molecule has 0 aromatic carbocycles. The van der Waals surface area contributed by atoms with Crippen molar-refractivity contribution >= 4 is 0 Å². The Bertz CT molecular complexity index is 15.5. The van der Waals surface area contributed by atoms with Gasteiger partial charge >= 0.3 is 0 Å². The first kappa shape index (κ1) is 5.00. The largest absolute Gasteiger partial charge is 0.0596 e. The topological polar surface area (TPSA) is 0 Å². The van der Waals surface area contributed by atoms with Gasteiger partial charge in [-0.25, -0.2) is 0 Å². The Labute approximate surface area is 34.2 Å². The van der Waals surface area contributed by atoms with Gasteiger partial charge in [-0.3, -0.25) is 0 Å². The first-order valence-corrected chi connectivity index (χ1v) is 1.56. The van der Waals surface area contributed by atoms with Crippen molar-refractivity contribution in [3.05, 3.63) is 20.8 Å². The third-order valence-corrected chi connectivity index (χ3v) is 0. The lowest BCUT2D eigenvalue weighted by Gasteiger charge is -2.04. The van der Waals surface area contributed by atoms with Crippen LogP contribution < -0.4 is 0 Å². The van der Waals surface area contributed by atoms with Crippen molar-refractivity contribution < 1.29 is 0 Å². The fourth-order valence-corrected chi connectivity index (χ4v) is 0. The summed E-state index contributed by atoms with van der Waals surface area (Å²) in [6.07, 6.45) is 0. The van der Waals surface area contributed by atoms with Gasteiger partial charge in [-0.05, 0) is 26.2 Å². The lowest BCUT2D eigenvalue weighted by atomic mass is 10.0. The summed E-state index contributed by atoms with van der Waals surface area (Å²) in [5.41, 5.74) is -0.250. The molecule has 0 aromatic rings. The Kier molecular flexibility index (Phi) is 1.00. The molecule has 0 aliphatic heterocycles. The van der Waals surface area contributed by atoms with E-state index in [2.05, 4.69) is 20.8 Å². The van der Waals surface area contributed by atoms with Crippen LogP contribution in [0.1, 0.15) is 6.92 Å². The SMILES string of the molecule is [CH2]C([CH2])([CH2])C. The first-order valence-electron chi connectivity index (χ1n) is 1.56. The second-order valence-electron chi connectivity index (χ2n) is 1.81. The van der Waals surface area contributed by atoms with Crippen molar-refractivity contribution in [2.45, 2.75) is 6.92 Å². The Balaban J connectivity index is 3.02. The second kappa shape index (κ2) is 1.00. The highest BCUT2D eigenvalue weighted by atomic mass is 14.0. The molecule has 0 aromatic heterocycles. The van der Waals surface area contributed by atoms with E-state index in [9.17, 15) is 0 Å². The van der Waals surface area contributed by atoms with E-state index in [0.717, 1.165) is 0 Å². The number of hydrogen-bond acceptors (Lipinski definition) is 0. The summed E-state index contributed by atoms with van der Waals surface area (Å²) in [7, 11) is 0. The summed E-state index contributed by atoms with van der Waals surface area (Å²) in [5.74, 6) is 0. The molecule has 29 valence electrons. The van der Waals surface area contributed by atoms with E-state index < -0.39 is 0 Å². The van der Waals surface area contributed by atoms with Crippen molar-refractivity contribution in [2.24, 2.45) is 5.41 Å². The molecule has 0 saturated heterocycles. The molecule has 0 rings (SSSR count). The molecule has 0 atom stereocenters. The van der Waals surface area contributed by atoms with Crippen LogP contribution in [0, 0.1) is 26.2 Å². The van der Waals surface area contributed by atoms with Crippen molar-refractivity contribution in [3.63, 3.8) is 0 Å². The van der Waals surface area contributed by atoms with Gasteiger partial charge in [-0.2, -0.15) is 0 Å². The Morgan fingerprint density at radius 2 is 1.20 bits per heavy atom. The zero-order chi connectivity index (χ0) is 4.50. The number of hydrogen-bond donors (Lipinski definition) is 0. The maximum atomic E-state index is 3.55. The van der Waals surface area contributed by atoms with E-state index in [1.165, 1.54) is 0 Å². The first-order chi connectivity index (χ1) is 2.00. The monoisotopic (exact) mass is 69.1 g/mol. The normalized spacial score (nSPS) is 12.0. The summed E-state index contributed by atoms with van der Waals surface area (Å²) in [6.45, 7) is 12.5. The Hall–Kier alpha value is 0. The molecular formula is C5H9. The van der Waals surface area contributed by atoms with Crippen LogP contribution in [0.25, 0.3) is 0 Å². The highest BCUT2D eigenvalue weighted by Crippen LogP contribution is 2.05. The minimum absolute atomic E-state index is 0.250. The van der Waals surface area contributed by atoms with Crippen LogP contribution in [0.5, 0.6) is 0 Å².